The van der Waals surface area contributed by atoms with Crippen LogP contribution in [0.15, 0.2) is 22.1 Å². The molecule has 2 aromatic heterocycles. The summed E-state index contributed by atoms with van der Waals surface area (Å²) in [6.45, 7) is 0. The second-order valence-corrected chi connectivity index (χ2v) is 6.14. The summed E-state index contributed by atoms with van der Waals surface area (Å²) in [5.41, 5.74) is 1.19. The SMILES string of the molecule is Clc1cc(Br)cnc1Nc1nc(C2CC2)cs1. The number of hydrogen-bond donors (Lipinski definition) is 1. The van der Waals surface area contributed by atoms with Gasteiger partial charge in [-0.15, -0.1) is 11.3 Å². The zero-order valence-corrected chi connectivity index (χ0v) is 11.9. The maximum atomic E-state index is 6.08. The number of rotatable bonds is 3. The Labute approximate surface area is 116 Å². The van der Waals surface area contributed by atoms with Crippen LogP contribution in [0.3, 0.4) is 0 Å². The number of nitrogens with zero attached hydrogens (tertiary/aromatic N) is 2. The summed E-state index contributed by atoms with van der Waals surface area (Å²) in [6.07, 6.45) is 4.24. The molecule has 1 fully saturated rings. The Hall–Kier alpha value is -0.650. The lowest BCUT2D eigenvalue weighted by molar-refractivity contribution is 1.05. The van der Waals surface area contributed by atoms with E-state index >= 15 is 0 Å². The van der Waals surface area contributed by atoms with Crippen LogP contribution in [0.4, 0.5) is 10.9 Å². The van der Waals surface area contributed by atoms with E-state index in [1.807, 2.05) is 6.07 Å². The third kappa shape index (κ3) is 2.61. The molecule has 17 heavy (non-hydrogen) atoms. The molecule has 2 heterocycles. The molecule has 1 aliphatic rings. The molecular formula is C11H9BrClN3S. The third-order valence-corrected chi connectivity index (χ3v) is 4.05. The summed E-state index contributed by atoms with van der Waals surface area (Å²) in [5.74, 6) is 1.32. The van der Waals surface area contributed by atoms with Crippen LogP contribution in [-0.2, 0) is 0 Å². The molecule has 0 amide bonds. The number of hydrogen-bond acceptors (Lipinski definition) is 4. The average molecular weight is 331 g/mol. The van der Waals surface area contributed by atoms with Gasteiger partial charge in [0, 0.05) is 22.0 Å². The van der Waals surface area contributed by atoms with Gasteiger partial charge < -0.3 is 5.32 Å². The summed E-state index contributed by atoms with van der Waals surface area (Å²) >= 11 is 11.0. The summed E-state index contributed by atoms with van der Waals surface area (Å²) in [6, 6.07) is 1.81. The van der Waals surface area contributed by atoms with Crippen LogP contribution in [0, 0.1) is 0 Å². The van der Waals surface area contributed by atoms with Gasteiger partial charge in [-0.1, -0.05) is 11.6 Å². The Morgan fingerprint density at radius 1 is 1.47 bits per heavy atom. The number of thiazole rings is 1. The molecule has 2 aromatic rings. The first-order valence-electron chi connectivity index (χ1n) is 5.26. The molecule has 1 saturated carbocycles. The zero-order valence-electron chi connectivity index (χ0n) is 8.78. The van der Waals surface area contributed by atoms with Crippen molar-refractivity contribution >= 4 is 49.8 Å². The second kappa shape index (κ2) is 4.55. The molecule has 0 aliphatic heterocycles. The van der Waals surface area contributed by atoms with E-state index in [4.69, 9.17) is 11.6 Å². The van der Waals surface area contributed by atoms with Gasteiger partial charge in [-0.05, 0) is 34.8 Å². The first kappa shape index (κ1) is 11.4. The van der Waals surface area contributed by atoms with E-state index in [0.717, 1.165) is 9.60 Å². The Morgan fingerprint density at radius 2 is 2.29 bits per heavy atom. The highest BCUT2D eigenvalue weighted by Gasteiger charge is 2.26. The molecule has 3 rings (SSSR count). The van der Waals surface area contributed by atoms with E-state index in [1.165, 1.54) is 18.5 Å². The average Bonchev–Trinajstić information content (AvgIpc) is 3.04. The van der Waals surface area contributed by atoms with Crippen molar-refractivity contribution in [2.24, 2.45) is 0 Å². The molecule has 6 heteroatoms. The van der Waals surface area contributed by atoms with Crippen molar-refractivity contribution in [3.8, 4) is 0 Å². The van der Waals surface area contributed by atoms with Gasteiger partial charge in [-0.3, -0.25) is 0 Å². The molecule has 1 N–H and O–H groups in total. The van der Waals surface area contributed by atoms with Crippen LogP contribution in [0.5, 0.6) is 0 Å². The van der Waals surface area contributed by atoms with Crippen molar-refractivity contribution in [1.29, 1.82) is 0 Å². The molecule has 0 atom stereocenters. The second-order valence-electron chi connectivity index (χ2n) is 3.96. The van der Waals surface area contributed by atoms with E-state index < -0.39 is 0 Å². The van der Waals surface area contributed by atoms with Crippen LogP contribution in [-0.4, -0.2) is 9.97 Å². The van der Waals surface area contributed by atoms with E-state index in [9.17, 15) is 0 Å². The zero-order chi connectivity index (χ0) is 11.8. The lowest BCUT2D eigenvalue weighted by Crippen LogP contribution is -1.94. The van der Waals surface area contributed by atoms with Crippen LogP contribution in [0.2, 0.25) is 5.02 Å². The summed E-state index contributed by atoms with van der Waals surface area (Å²) in [5, 5.41) is 6.69. The van der Waals surface area contributed by atoms with Gasteiger partial charge in [0.1, 0.15) is 0 Å². The van der Waals surface area contributed by atoms with Gasteiger partial charge in [0.15, 0.2) is 10.9 Å². The monoisotopic (exact) mass is 329 g/mol. The highest BCUT2D eigenvalue weighted by atomic mass is 79.9. The molecule has 0 radical (unpaired) electrons. The summed E-state index contributed by atoms with van der Waals surface area (Å²) < 4.78 is 0.867. The number of nitrogens with one attached hydrogen (secondary N) is 1. The molecule has 0 aromatic carbocycles. The standard InChI is InChI=1S/C11H9BrClN3S/c12-7-3-8(13)10(14-4-7)16-11-15-9(5-17-11)6-1-2-6/h3-6H,1-2H2,(H,14,15,16). The third-order valence-electron chi connectivity index (χ3n) is 2.55. The molecule has 0 unspecified atom stereocenters. The summed E-state index contributed by atoms with van der Waals surface area (Å²) in [7, 11) is 0. The van der Waals surface area contributed by atoms with Gasteiger partial charge in [0.25, 0.3) is 0 Å². The Balaban J connectivity index is 1.80. The molecule has 88 valence electrons. The minimum absolute atomic E-state index is 0.586. The predicted octanol–water partition coefficient (Wildman–Crippen LogP) is 4.58. The smallest absolute Gasteiger partial charge is 0.188 e. The van der Waals surface area contributed by atoms with Crippen molar-refractivity contribution in [2.45, 2.75) is 18.8 Å². The van der Waals surface area contributed by atoms with Crippen LogP contribution in [0.1, 0.15) is 24.5 Å². The number of aromatic nitrogens is 2. The Kier molecular flexibility index (Phi) is 3.06. The van der Waals surface area contributed by atoms with Crippen LogP contribution < -0.4 is 5.32 Å². The summed E-state index contributed by atoms with van der Waals surface area (Å²) in [4.78, 5) is 8.75. The lowest BCUT2D eigenvalue weighted by Gasteiger charge is -2.03. The topological polar surface area (TPSA) is 37.8 Å². The minimum Gasteiger partial charge on any atom is -0.315 e. The van der Waals surface area contributed by atoms with Gasteiger partial charge in [-0.2, -0.15) is 0 Å². The van der Waals surface area contributed by atoms with Gasteiger partial charge in [-0.25, -0.2) is 9.97 Å². The van der Waals surface area contributed by atoms with E-state index in [1.54, 1.807) is 17.5 Å². The normalized spacial score (nSPS) is 14.9. The lowest BCUT2D eigenvalue weighted by atomic mass is 10.3. The molecular weight excluding hydrogens is 322 g/mol. The van der Waals surface area contributed by atoms with Gasteiger partial charge in [0.05, 0.1) is 10.7 Å². The fourth-order valence-electron chi connectivity index (χ4n) is 1.52. The highest BCUT2D eigenvalue weighted by Crippen LogP contribution is 2.41. The first-order valence-corrected chi connectivity index (χ1v) is 7.31. The first-order chi connectivity index (χ1) is 8.22. The maximum Gasteiger partial charge on any atom is 0.188 e. The van der Waals surface area contributed by atoms with Gasteiger partial charge >= 0.3 is 0 Å². The van der Waals surface area contributed by atoms with Crippen molar-refractivity contribution in [2.75, 3.05) is 5.32 Å². The molecule has 3 nitrogen and oxygen atoms in total. The Bertz CT molecular complexity index is 553. The molecule has 1 aliphatic carbocycles. The van der Waals surface area contributed by atoms with Crippen molar-refractivity contribution in [3.63, 3.8) is 0 Å². The molecule has 0 spiro atoms. The predicted molar refractivity (Wildman–Crippen MR) is 74.3 cm³/mol. The molecule has 0 saturated heterocycles. The van der Waals surface area contributed by atoms with Crippen molar-refractivity contribution < 1.29 is 0 Å². The van der Waals surface area contributed by atoms with Gasteiger partial charge in [0.2, 0.25) is 0 Å². The molecule has 0 bridgehead atoms. The maximum absolute atomic E-state index is 6.08. The number of pyridine rings is 1. The van der Waals surface area contributed by atoms with Crippen LogP contribution in [0.25, 0.3) is 0 Å². The number of halogens is 2. The minimum atomic E-state index is 0.586. The van der Waals surface area contributed by atoms with Crippen LogP contribution >= 0.6 is 38.9 Å². The van der Waals surface area contributed by atoms with E-state index in [-0.39, 0.29) is 0 Å². The Morgan fingerprint density at radius 3 is 3.00 bits per heavy atom. The fraction of sp³-hybridized carbons (Fsp3) is 0.273. The van der Waals surface area contributed by atoms with E-state index in [0.29, 0.717) is 16.8 Å². The van der Waals surface area contributed by atoms with Crippen molar-refractivity contribution in [1.82, 2.24) is 9.97 Å². The largest absolute Gasteiger partial charge is 0.315 e. The van der Waals surface area contributed by atoms with E-state index in [2.05, 4.69) is 36.6 Å². The highest BCUT2D eigenvalue weighted by molar-refractivity contribution is 9.10. The van der Waals surface area contributed by atoms with Crippen molar-refractivity contribution in [3.05, 3.63) is 32.8 Å². The fourth-order valence-corrected chi connectivity index (χ4v) is 2.99. The quantitative estimate of drug-likeness (QED) is 0.895. The number of anilines is 2.